The molecule has 6 atom stereocenters. The quantitative estimate of drug-likeness (QED) is 0.330. The maximum atomic E-state index is 11.5. The lowest BCUT2D eigenvalue weighted by atomic mass is 9.72. The number of hydrogen-bond donors (Lipinski definition) is 2. The minimum atomic E-state index is -0.742. The summed E-state index contributed by atoms with van der Waals surface area (Å²) in [5, 5.41) is 18.2. The molecule has 2 rings (SSSR count). The summed E-state index contributed by atoms with van der Waals surface area (Å²) in [5.74, 6) is 0.525. The maximum absolute atomic E-state index is 11.5. The monoisotopic (exact) mass is 482 g/mol. The summed E-state index contributed by atoms with van der Waals surface area (Å²) < 4.78 is -0.0910. The molecule has 182 valence electrons. The summed E-state index contributed by atoms with van der Waals surface area (Å²) in [7, 11) is 0. The van der Waals surface area contributed by atoms with E-state index < -0.39 is 22.4 Å². The van der Waals surface area contributed by atoms with Gasteiger partial charge in [-0.2, -0.15) is 0 Å². The molecule has 0 heterocycles. The normalized spacial score (nSPS) is 28.6. The molecule has 0 saturated heterocycles. The van der Waals surface area contributed by atoms with Gasteiger partial charge in [0, 0.05) is 10.00 Å². The number of rotatable bonds is 10. The zero-order valence-electron chi connectivity index (χ0n) is 20.8. The molecule has 0 saturated carbocycles. The van der Waals surface area contributed by atoms with Gasteiger partial charge in [-0.1, -0.05) is 51.0 Å². The van der Waals surface area contributed by atoms with Gasteiger partial charge in [0.2, 0.25) is 0 Å². The third kappa shape index (κ3) is 7.31. The van der Waals surface area contributed by atoms with Crippen molar-refractivity contribution in [2.75, 3.05) is 0 Å². The van der Waals surface area contributed by atoms with Crippen molar-refractivity contribution in [3.8, 4) is 0 Å². The lowest BCUT2D eigenvalue weighted by Gasteiger charge is -2.40. The van der Waals surface area contributed by atoms with E-state index in [0.717, 1.165) is 32.1 Å². The molecular formula is C26H42O4S2. The first-order chi connectivity index (χ1) is 14.8. The fraction of sp³-hybridized carbons (Fsp3) is 0.769. The van der Waals surface area contributed by atoms with Crippen LogP contribution in [0.3, 0.4) is 0 Å². The molecule has 0 aromatic heterocycles. The molecule has 6 unspecified atom stereocenters. The van der Waals surface area contributed by atoms with Crippen molar-refractivity contribution >= 4 is 35.5 Å². The van der Waals surface area contributed by atoms with Crippen molar-refractivity contribution < 1.29 is 19.8 Å². The molecular weight excluding hydrogens is 440 g/mol. The Hall–Kier alpha value is -0.880. The molecule has 0 bridgehead atoms. The molecule has 0 aromatic carbocycles. The number of carbonyl (C=O) groups is 2. The first-order valence-corrected chi connectivity index (χ1v) is 13.8. The van der Waals surface area contributed by atoms with E-state index in [1.54, 1.807) is 37.4 Å². The predicted molar refractivity (Wildman–Crippen MR) is 137 cm³/mol. The second kappa shape index (κ2) is 11.5. The van der Waals surface area contributed by atoms with Crippen LogP contribution in [0, 0.1) is 23.7 Å². The predicted octanol–water partition coefficient (Wildman–Crippen LogP) is 6.90. The standard InChI is InChI=1S/C26H42O4S2/c1-15(2)22-11-9-19(13-23(22)31-17(4)24(27)28)12-20-14-21(10-8-16(20)3)26(6,7)32-18(5)25(29)30/h8,13,15,17-18,20-23H,9-12,14H2,1-7H3,(H,27,28)(H,29,30). The first-order valence-electron chi connectivity index (χ1n) is 12.0. The molecule has 2 N–H and O–H groups in total. The number of thioether (sulfide) groups is 2. The summed E-state index contributed by atoms with van der Waals surface area (Å²) >= 11 is 3.17. The van der Waals surface area contributed by atoms with Crippen LogP contribution in [0.4, 0.5) is 0 Å². The van der Waals surface area contributed by atoms with Gasteiger partial charge >= 0.3 is 11.9 Å². The molecule has 2 aliphatic rings. The zero-order valence-corrected chi connectivity index (χ0v) is 22.4. The number of aliphatic carboxylic acids is 2. The average Bonchev–Trinajstić information content (AvgIpc) is 2.68. The van der Waals surface area contributed by atoms with Crippen LogP contribution in [0.1, 0.15) is 80.6 Å². The second-order valence-corrected chi connectivity index (χ2v) is 14.1. The van der Waals surface area contributed by atoms with Gasteiger partial charge in [-0.05, 0) is 76.5 Å². The molecule has 0 fully saturated rings. The van der Waals surface area contributed by atoms with Crippen LogP contribution in [0.5, 0.6) is 0 Å². The van der Waals surface area contributed by atoms with Crippen molar-refractivity contribution in [2.45, 2.75) is 101 Å². The summed E-state index contributed by atoms with van der Waals surface area (Å²) in [6.07, 6.45) is 10.1. The van der Waals surface area contributed by atoms with E-state index in [4.69, 9.17) is 0 Å². The van der Waals surface area contributed by atoms with Crippen molar-refractivity contribution in [3.05, 3.63) is 23.3 Å². The molecule has 2 aliphatic carbocycles. The summed E-state index contributed by atoms with van der Waals surface area (Å²) in [4.78, 5) is 22.8. The van der Waals surface area contributed by atoms with E-state index in [1.165, 1.54) is 11.1 Å². The van der Waals surface area contributed by atoms with E-state index in [-0.39, 0.29) is 10.00 Å². The van der Waals surface area contributed by atoms with E-state index in [9.17, 15) is 19.8 Å². The van der Waals surface area contributed by atoms with Gasteiger partial charge < -0.3 is 10.2 Å². The Morgan fingerprint density at radius 2 is 1.75 bits per heavy atom. The number of carboxylic acid groups (broad SMARTS) is 2. The van der Waals surface area contributed by atoms with E-state index in [1.807, 2.05) is 0 Å². The summed E-state index contributed by atoms with van der Waals surface area (Å²) in [6, 6.07) is 0. The van der Waals surface area contributed by atoms with Crippen molar-refractivity contribution in [1.82, 2.24) is 0 Å². The Kier molecular flexibility index (Phi) is 9.84. The second-order valence-electron chi connectivity index (χ2n) is 10.6. The highest BCUT2D eigenvalue weighted by molar-refractivity contribution is 8.02. The van der Waals surface area contributed by atoms with Gasteiger partial charge in [0.25, 0.3) is 0 Å². The van der Waals surface area contributed by atoms with Crippen LogP contribution < -0.4 is 0 Å². The van der Waals surface area contributed by atoms with Gasteiger partial charge in [-0.15, -0.1) is 23.5 Å². The number of carboxylic acids is 2. The smallest absolute Gasteiger partial charge is 0.316 e. The lowest BCUT2D eigenvalue weighted by molar-refractivity contribution is -0.137. The van der Waals surface area contributed by atoms with Crippen LogP contribution >= 0.6 is 23.5 Å². The maximum Gasteiger partial charge on any atom is 0.316 e. The topological polar surface area (TPSA) is 74.6 Å². The van der Waals surface area contributed by atoms with E-state index in [0.29, 0.717) is 23.7 Å². The molecule has 0 aliphatic heterocycles. The number of allylic oxidation sites excluding steroid dienone is 3. The van der Waals surface area contributed by atoms with Crippen LogP contribution in [0.15, 0.2) is 23.3 Å². The Labute approximate surface area is 203 Å². The largest absolute Gasteiger partial charge is 0.480 e. The van der Waals surface area contributed by atoms with Gasteiger partial charge in [0.1, 0.15) is 0 Å². The Balaban J connectivity index is 2.13. The van der Waals surface area contributed by atoms with Crippen LogP contribution in [0.2, 0.25) is 0 Å². The first kappa shape index (κ1) is 27.4. The number of hydrogen-bond acceptors (Lipinski definition) is 4. The highest BCUT2D eigenvalue weighted by Crippen LogP contribution is 2.47. The van der Waals surface area contributed by atoms with Crippen LogP contribution in [-0.2, 0) is 9.59 Å². The molecule has 32 heavy (non-hydrogen) atoms. The average molecular weight is 483 g/mol. The van der Waals surface area contributed by atoms with Crippen molar-refractivity contribution in [1.29, 1.82) is 0 Å². The van der Waals surface area contributed by atoms with E-state index >= 15 is 0 Å². The van der Waals surface area contributed by atoms with Gasteiger partial charge in [0.15, 0.2) is 0 Å². The SMILES string of the molecule is CC1=CCC(C(C)(C)SC(C)C(=O)O)CC1CC1=CC(SC(C)C(=O)O)C(C(C)C)CC1. The molecule has 0 aromatic rings. The minimum absolute atomic E-state index is 0.0910. The highest BCUT2D eigenvalue weighted by atomic mass is 32.2. The molecule has 0 amide bonds. The van der Waals surface area contributed by atoms with Gasteiger partial charge in [0.05, 0.1) is 10.5 Å². The van der Waals surface area contributed by atoms with Crippen molar-refractivity contribution in [2.24, 2.45) is 23.7 Å². The fourth-order valence-electron chi connectivity index (χ4n) is 5.12. The molecule has 6 heteroatoms. The molecule has 0 spiro atoms. The Bertz CT molecular complexity index is 740. The Morgan fingerprint density at radius 1 is 1.12 bits per heavy atom. The third-order valence-electron chi connectivity index (χ3n) is 7.44. The van der Waals surface area contributed by atoms with Crippen LogP contribution in [-0.4, -0.2) is 42.6 Å². The van der Waals surface area contributed by atoms with Gasteiger partial charge in [-0.25, -0.2) is 0 Å². The van der Waals surface area contributed by atoms with Crippen molar-refractivity contribution in [3.63, 3.8) is 0 Å². The molecule has 4 nitrogen and oxygen atoms in total. The minimum Gasteiger partial charge on any atom is -0.480 e. The highest BCUT2D eigenvalue weighted by Gasteiger charge is 2.37. The lowest BCUT2D eigenvalue weighted by Crippen LogP contribution is -2.35. The zero-order chi connectivity index (χ0) is 24.2. The van der Waals surface area contributed by atoms with E-state index in [2.05, 4.69) is 46.8 Å². The molecule has 0 radical (unpaired) electrons. The summed E-state index contributed by atoms with van der Waals surface area (Å²) in [6.45, 7) is 14.7. The summed E-state index contributed by atoms with van der Waals surface area (Å²) in [5.41, 5.74) is 2.92. The van der Waals surface area contributed by atoms with Crippen LogP contribution in [0.25, 0.3) is 0 Å². The van der Waals surface area contributed by atoms with Gasteiger partial charge in [-0.3, -0.25) is 9.59 Å². The fourth-order valence-corrected chi connectivity index (χ4v) is 8.03. The third-order valence-corrected chi connectivity index (χ3v) is 10.3. The Morgan fingerprint density at radius 3 is 2.31 bits per heavy atom.